The summed E-state index contributed by atoms with van der Waals surface area (Å²) in [6.45, 7) is 7.56. The third-order valence-electron chi connectivity index (χ3n) is 6.42. The number of hydrogen-bond donors (Lipinski definition) is 1. The van der Waals surface area contributed by atoms with Crippen molar-refractivity contribution in [3.05, 3.63) is 30.1 Å². The highest BCUT2D eigenvalue weighted by atomic mass is 32.1. The van der Waals surface area contributed by atoms with E-state index in [4.69, 9.17) is 10.1 Å². The molecule has 1 aliphatic heterocycles. The van der Waals surface area contributed by atoms with E-state index in [0.717, 1.165) is 66.2 Å². The molecule has 0 atom stereocenters. The van der Waals surface area contributed by atoms with E-state index in [1.54, 1.807) is 23.5 Å². The van der Waals surface area contributed by atoms with Gasteiger partial charge in [-0.3, -0.25) is 4.90 Å². The smallest absolute Gasteiger partial charge is 0.216 e. The lowest BCUT2D eigenvalue weighted by Gasteiger charge is -2.34. The number of hydrogen-bond acceptors (Lipinski definition) is 6. The van der Waals surface area contributed by atoms with Crippen LogP contribution in [0.15, 0.2) is 24.3 Å². The molecule has 8 heteroatoms. The summed E-state index contributed by atoms with van der Waals surface area (Å²) >= 11 is 1.63. The Labute approximate surface area is 187 Å². The molecule has 0 unspecified atom stereocenters. The van der Waals surface area contributed by atoms with Crippen LogP contribution < -0.4 is 10.2 Å². The van der Waals surface area contributed by atoms with Crippen LogP contribution >= 0.6 is 11.3 Å². The number of halogens is 1. The number of rotatable bonds is 6. The molecule has 3 heterocycles. The van der Waals surface area contributed by atoms with Crippen molar-refractivity contribution >= 4 is 27.2 Å². The van der Waals surface area contributed by atoms with Crippen molar-refractivity contribution in [1.29, 1.82) is 0 Å². The van der Waals surface area contributed by atoms with Gasteiger partial charge in [0.25, 0.3) is 0 Å². The number of anilines is 2. The standard InChI is InChI=1S/C23H31FN6S/c1-2-11-28-12-14-29(15-13-28)23-27-30-21(25-19-9-4-3-5-10-19)20(26-22(30)31-23)17-7-6-8-18(24)16-17/h6-8,16,19,25H,2-5,9-15H2,1H3. The third-order valence-corrected chi connectivity index (χ3v) is 7.39. The van der Waals surface area contributed by atoms with Gasteiger partial charge in [0.15, 0.2) is 5.82 Å². The maximum atomic E-state index is 13.9. The SMILES string of the molecule is CCCN1CCN(c2nn3c(NC4CCCCC4)c(-c4cccc(F)c4)nc3s2)CC1. The van der Waals surface area contributed by atoms with E-state index in [9.17, 15) is 4.39 Å². The largest absolute Gasteiger partial charge is 0.365 e. The van der Waals surface area contributed by atoms with Crippen molar-refractivity contribution in [3.63, 3.8) is 0 Å². The van der Waals surface area contributed by atoms with Gasteiger partial charge in [0, 0.05) is 37.8 Å². The minimum atomic E-state index is -0.240. The number of fused-ring (bicyclic) bond motifs is 1. The lowest BCUT2D eigenvalue weighted by atomic mass is 9.95. The molecule has 1 N–H and O–H groups in total. The predicted molar refractivity (Wildman–Crippen MR) is 126 cm³/mol. The lowest BCUT2D eigenvalue weighted by molar-refractivity contribution is 0.258. The molecule has 0 amide bonds. The van der Waals surface area contributed by atoms with Crippen LogP contribution in [0.2, 0.25) is 0 Å². The average Bonchev–Trinajstić information content (AvgIpc) is 3.35. The minimum Gasteiger partial charge on any atom is -0.365 e. The highest BCUT2D eigenvalue weighted by Crippen LogP contribution is 2.35. The van der Waals surface area contributed by atoms with Crippen molar-refractivity contribution < 1.29 is 4.39 Å². The summed E-state index contributed by atoms with van der Waals surface area (Å²) in [7, 11) is 0. The first-order chi connectivity index (χ1) is 15.2. The fourth-order valence-corrected chi connectivity index (χ4v) is 5.70. The molecule has 166 valence electrons. The number of piperazine rings is 1. The second-order valence-electron chi connectivity index (χ2n) is 8.71. The highest BCUT2D eigenvalue weighted by Gasteiger charge is 2.25. The van der Waals surface area contributed by atoms with E-state index >= 15 is 0 Å². The molecule has 0 radical (unpaired) electrons. The second-order valence-corrected chi connectivity index (χ2v) is 9.64. The zero-order valence-electron chi connectivity index (χ0n) is 18.2. The Morgan fingerprint density at radius 2 is 1.94 bits per heavy atom. The van der Waals surface area contributed by atoms with Gasteiger partial charge >= 0.3 is 0 Å². The van der Waals surface area contributed by atoms with E-state index in [0.29, 0.717) is 6.04 Å². The van der Waals surface area contributed by atoms with Gasteiger partial charge in [-0.05, 0) is 37.9 Å². The van der Waals surface area contributed by atoms with Gasteiger partial charge in [0.2, 0.25) is 10.1 Å². The van der Waals surface area contributed by atoms with E-state index in [1.807, 2.05) is 10.6 Å². The summed E-state index contributed by atoms with van der Waals surface area (Å²) in [5.74, 6) is 0.663. The van der Waals surface area contributed by atoms with Gasteiger partial charge in [0.1, 0.15) is 11.5 Å². The van der Waals surface area contributed by atoms with Gasteiger partial charge < -0.3 is 10.2 Å². The van der Waals surface area contributed by atoms with Crippen LogP contribution in [0, 0.1) is 5.82 Å². The quantitative estimate of drug-likeness (QED) is 0.590. The van der Waals surface area contributed by atoms with Crippen LogP contribution in [0.5, 0.6) is 0 Å². The van der Waals surface area contributed by atoms with Gasteiger partial charge in [-0.2, -0.15) is 4.52 Å². The highest BCUT2D eigenvalue weighted by molar-refractivity contribution is 7.20. The zero-order chi connectivity index (χ0) is 21.2. The molecule has 2 fully saturated rings. The molecular weight excluding hydrogens is 411 g/mol. The molecule has 0 spiro atoms. The third kappa shape index (κ3) is 4.41. The van der Waals surface area contributed by atoms with Crippen molar-refractivity contribution in [1.82, 2.24) is 19.5 Å². The molecule has 1 aliphatic carbocycles. The molecule has 1 saturated heterocycles. The number of imidazole rings is 1. The van der Waals surface area contributed by atoms with Gasteiger partial charge in [-0.1, -0.05) is 49.7 Å². The summed E-state index contributed by atoms with van der Waals surface area (Å²) < 4.78 is 15.9. The first-order valence-electron chi connectivity index (χ1n) is 11.6. The Bertz CT molecular complexity index is 1020. The van der Waals surface area contributed by atoms with Crippen molar-refractivity contribution in [2.45, 2.75) is 51.5 Å². The van der Waals surface area contributed by atoms with Crippen LogP contribution in [0.1, 0.15) is 45.4 Å². The number of nitrogens with zero attached hydrogens (tertiary/aromatic N) is 5. The van der Waals surface area contributed by atoms with E-state index in [2.05, 4.69) is 22.0 Å². The Morgan fingerprint density at radius 3 is 2.68 bits per heavy atom. The van der Waals surface area contributed by atoms with Crippen molar-refractivity contribution in [2.24, 2.45) is 0 Å². The number of benzene rings is 1. The lowest BCUT2D eigenvalue weighted by Crippen LogP contribution is -2.46. The maximum Gasteiger partial charge on any atom is 0.216 e. The fourth-order valence-electron chi connectivity index (χ4n) is 4.75. The van der Waals surface area contributed by atoms with Crippen LogP contribution in [0.25, 0.3) is 16.2 Å². The number of aromatic nitrogens is 3. The summed E-state index contributed by atoms with van der Waals surface area (Å²) in [5, 5.41) is 9.72. The first kappa shape index (κ1) is 20.7. The molecule has 1 saturated carbocycles. The fraction of sp³-hybridized carbons (Fsp3) is 0.565. The van der Waals surface area contributed by atoms with Crippen LogP contribution in [-0.4, -0.2) is 58.3 Å². The Kier molecular flexibility index (Phi) is 6.09. The Hall–Kier alpha value is -2.19. The van der Waals surface area contributed by atoms with E-state index < -0.39 is 0 Å². The summed E-state index contributed by atoms with van der Waals surface area (Å²) in [4.78, 5) is 10.7. The topological polar surface area (TPSA) is 48.7 Å². The van der Waals surface area contributed by atoms with Gasteiger partial charge in [0.05, 0.1) is 0 Å². The molecule has 31 heavy (non-hydrogen) atoms. The van der Waals surface area contributed by atoms with Crippen LogP contribution in [0.4, 0.5) is 15.3 Å². The maximum absolute atomic E-state index is 13.9. The Balaban J connectivity index is 1.46. The molecule has 3 aromatic rings. The Morgan fingerprint density at radius 1 is 1.13 bits per heavy atom. The monoisotopic (exact) mass is 442 g/mol. The average molecular weight is 443 g/mol. The summed E-state index contributed by atoms with van der Waals surface area (Å²) in [5.41, 5.74) is 1.59. The molecule has 2 aliphatic rings. The molecule has 2 aromatic heterocycles. The van der Waals surface area contributed by atoms with E-state index in [1.165, 1.54) is 38.3 Å². The summed E-state index contributed by atoms with van der Waals surface area (Å²) in [6.07, 6.45) is 7.32. The van der Waals surface area contributed by atoms with Gasteiger partial charge in [-0.15, -0.1) is 5.10 Å². The molecular formula is C23H31FN6S. The van der Waals surface area contributed by atoms with Crippen LogP contribution in [0.3, 0.4) is 0 Å². The molecule has 5 rings (SSSR count). The molecule has 0 bridgehead atoms. The van der Waals surface area contributed by atoms with Crippen molar-refractivity contribution in [3.8, 4) is 11.3 Å². The first-order valence-corrected chi connectivity index (χ1v) is 12.4. The van der Waals surface area contributed by atoms with Crippen LogP contribution in [-0.2, 0) is 0 Å². The predicted octanol–water partition coefficient (Wildman–Crippen LogP) is 4.87. The molecule has 1 aromatic carbocycles. The van der Waals surface area contributed by atoms with Gasteiger partial charge in [-0.25, -0.2) is 9.37 Å². The van der Waals surface area contributed by atoms with Crippen molar-refractivity contribution in [2.75, 3.05) is 42.9 Å². The normalized spacial score (nSPS) is 18.7. The van der Waals surface area contributed by atoms with E-state index in [-0.39, 0.29) is 5.82 Å². The molecule has 6 nitrogen and oxygen atoms in total. The number of nitrogens with one attached hydrogen (secondary N) is 1. The summed E-state index contributed by atoms with van der Waals surface area (Å²) in [6, 6.07) is 7.13. The zero-order valence-corrected chi connectivity index (χ0v) is 19.0. The minimum absolute atomic E-state index is 0.240. The second kappa shape index (κ2) is 9.12.